The third-order valence-corrected chi connectivity index (χ3v) is 13.2. The Morgan fingerprint density at radius 1 is 0.764 bits per heavy atom. The van der Waals surface area contributed by atoms with E-state index in [9.17, 15) is 24.0 Å². The summed E-state index contributed by atoms with van der Waals surface area (Å²) in [6.07, 6.45) is 0.0851. The van der Waals surface area contributed by atoms with E-state index in [4.69, 9.17) is 57.1 Å². The summed E-state index contributed by atoms with van der Waals surface area (Å²) in [6, 6.07) is 11.4. The van der Waals surface area contributed by atoms with Crippen LogP contribution in [0.5, 0.6) is 11.5 Å². The van der Waals surface area contributed by atoms with Crippen molar-refractivity contribution in [2.75, 3.05) is 99.5 Å². The quantitative estimate of drug-likeness (QED) is 0.0401. The van der Waals surface area contributed by atoms with Crippen molar-refractivity contribution >= 4 is 34.7 Å². The van der Waals surface area contributed by atoms with Crippen LogP contribution in [-0.4, -0.2) is 139 Å². The van der Waals surface area contributed by atoms with E-state index in [1.54, 1.807) is 38.5 Å². The van der Waals surface area contributed by atoms with Crippen molar-refractivity contribution in [1.82, 2.24) is 14.9 Å². The molecule has 7 rings (SSSR count). The Bertz CT molecular complexity index is 2650. The van der Waals surface area contributed by atoms with E-state index in [-0.39, 0.29) is 55.2 Å². The number of aromatic nitrogens is 2. The Hall–Kier alpha value is -5.80. The van der Waals surface area contributed by atoms with Crippen LogP contribution in [0.4, 0.5) is 0 Å². The molecule has 2 atom stereocenters. The van der Waals surface area contributed by atoms with E-state index in [0.717, 1.165) is 22.0 Å². The molecule has 390 valence electrons. The van der Waals surface area contributed by atoms with Gasteiger partial charge in [-0.3, -0.25) is 19.2 Å². The monoisotopic (exact) mass is 1000 g/mol. The molecule has 2 aromatic heterocycles. The summed E-state index contributed by atoms with van der Waals surface area (Å²) in [7, 11) is 1.63. The van der Waals surface area contributed by atoms with Gasteiger partial charge in [0, 0.05) is 42.2 Å². The lowest BCUT2D eigenvalue weighted by Gasteiger charge is -2.37. The van der Waals surface area contributed by atoms with E-state index >= 15 is 0 Å². The molecule has 3 aliphatic rings. The summed E-state index contributed by atoms with van der Waals surface area (Å²) >= 11 is 0. The highest BCUT2D eigenvalue weighted by molar-refractivity contribution is 5.89. The van der Waals surface area contributed by atoms with Gasteiger partial charge in [-0.1, -0.05) is 25.1 Å². The number of para-hydroxylation sites is 1. The molecule has 0 bridgehead atoms. The van der Waals surface area contributed by atoms with Gasteiger partial charge in [0.2, 0.25) is 5.60 Å². The maximum atomic E-state index is 13.9. The fraction of sp³-hybridized carbons (Fsp3) is 0.547. The van der Waals surface area contributed by atoms with Crippen LogP contribution >= 0.6 is 0 Å². The minimum absolute atomic E-state index is 0.0156. The van der Waals surface area contributed by atoms with E-state index < -0.39 is 35.5 Å². The number of benzene rings is 2. The molecule has 0 saturated heterocycles. The fourth-order valence-electron chi connectivity index (χ4n) is 9.01. The lowest BCUT2D eigenvalue weighted by Crippen LogP contribution is -2.51. The first kappa shape index (κ1) is 54.0. The molecular weight excluding hydrogens is 935 g/mol. The van der Waals surface area contributed by atoms with Gasteiger partial charge in [0.05, 0.1) is 128 Å². The summed E-state index contributed by atoms with van der Waals surface area (Å²) in [5, 5.41) is 3.86. The van der Waals surface area contributed by atoms with Crippen LogP contribution in [0.2, 0.25) is 0 Å². The first-order chi connectivity index (χ1) is 34.8. The topological polar surface area (TPSA) is 217 Å². The molecule has 1 N–H and O–H groups in total. The van der Waals surface area contributed by atoms with Crippen molar-refractivity contribution in [2.24, 2.45) is 0 Å². The Morgan fingerprint density at radius 2 is 1.38 bits per heavy atom. The zero-order valence-corrected chi connectivity index (χ0v) is 42.2. The number of nitrogens with zero attached hydrogens (tertiary/aromatic N) is 2. The lowest BCUT2D eigenvalue weighted by molar-refractivity contribution is -0.189. The van der Waals surface area contributed by atoms with Crippen LogP contribution in [0.3, 0.4) is 0 Å². The second-order valence-electron chi connectivity index (χ2n) is 18.0. The molecular formula is C53H67N3O16. The lowest BCUT2D eigenvalue weighted by atomic mass is 9.85. The number of fused-ring (bicyclic) bond motifs is 6. The normalized spacial score (nSPS) is 17.6. The molecule has 5 heterocycles. The molecule has 19 nitrogen and oxygen atoms in total. The maximum Gasteiger partial charge on any atom is 0.355 e. The summed E-state index contributed by atoms with van der Waals surface area (Å²) in [5.74, 6) is -1.68. The van der Waals surface area contributed by atoms with Crippen LogP contribution in [0.1, 0.15) is 78.5 Å². The summed E-state index contributed by atoms with van der Waals surface area (Å²) in [6.45, 7) is 15.1. The van der Waals surface area contributed by atoms with Gasteiger partial charge < -0.3 is 62.0 Å². The number of methoxy groups -OCH3 is 1. The van der Waals surface area contributed by atoms with Gasteiger partial charge in [0.25, 0.3) is 11.5 Å². The van der Waals surface area contributed by atoms with Crippen LogP contribution in [0.15, 0.2) is 41.2 Å². The molecule has 0 spiro atoms. The zero-order chi connectivity index (χ0) is 51.3. The number of amides is 1. The highest BCUT2D eigenvalue weighted by Crippen LogP contribution is 2.45. The van der Waals surface area contributed by atoms with Crippen molar-refractivity contribution in [3.63, 3.8) is 0 Å². The smallest absolute Gasteiger partial charge is 0.355 e. The predicted molar refractivity (Wildman–Crippen MR) is 261 cm³/mol. The van der Waals surface area contributed by atoms with Crippen LogP contribution in [-0.2, 0) is 87.0 Å². The number of esters is 3. The van der Waals surface area contributed by atoms with Crippen molar-refractivity contribution in [3.05, 3.63) is 85.7 Å². The molecule has 0 saturated carbocycles. The Labute approximate surface area is 419 Å². The number of ether oxygens (including phenoxy) is 11. The third kappa shape index (κ3) is 12.5. The molecule has 19 heteroatoms. The van der Waals surface area contributed by atoms with Gasteiger partial charge in [-0.25, -0.2) is 9.78 Å². The number of carbonyl (C=O) groups excluding carboxylic acids is 4. The summed E-state index contributed by atoms with van der Waals surface area (Å²) in [4.78, 5) is 72.8. The highest BCUT2D eigenvalue weighted by atomic mass is 16.6. The minimum atomic E-state index is -1.91. The maximum absolute atomic E-state index is 13.9. The highest BCUT2D eigenvalue weighted by Gasteiger charge is 2.50. The number of nitrogens with one attached hydrogen (secondary N) is 1. The van der Waals surface area contributed by atoms with Gasteiger partial charge in [-0.2, -0.15) is 0 Å². The molecule has 2 aromatic carbocycles. The van der Waals surface area contributed by atoms with E-state index in [0.29, 0.717) is 138 Å². The molecule has 1 amide bonds. The van der Waals surface area contributed by atoms with Crippen molar-refractivity contribution in [3.8, 4) is 22.9 Å². The average Bonchev–Trinajstić information content (AvgIpc) is 3.74. The molecule has 72 heavy (non-hydrogen) atoms. The number of cyclic esters (lactones) is 1. The van der Waals surface area contributed by atoms with Crippen molar-refractivity contribution in [2.45, 2.75) is 91.1 Å². The predicted octanol–water partition coefficient (Wildman–Crippen LogP) is 4.89. The van der Waals surface area contributed by atoms with Gasteiger partial charge in [0.15, 0.2) is 5.60 Å². The number of carbonyl (C=O) groups is 4. The van der Waals surface area contributed by atoms with E-state index in [1.165, 1.54) is 0 Å². The second kappa shape index (κ2) is 25.2. The van der Waals surface area contributed by atoms with E-state index in [2.05, 4.69) is 5.32 Å². The minimum Gasteiger partial charge on any atom is -0.477 e. The summed E-state index contributed by atoms with van der Waals surface area (Å²) < 4.78 is 63.2. The SMILES string of the molecule is CCC1(OC(=O)CCC(=O)Oc2c(C)c(C)c3c(c2C)CCC(C)(C(=O)NCCOCCOCCOCCOCCOCCOCCOC)O3)C(=O)OCc2c1cc1n(c2=O)Cc2cc3ccccc3nc2-1. The Morgan fingerprint density at radius 3 is 2.01 bits per heavy atom. The largest absolute Gasteiger partial charge is 0.477 e. The summed E-state index contributed by atoms with van der Waals surface area (Å²) in [5.41, 5.74) is 2.66. The van der Waals surface area contributed by atoms with Crippen molar-refractivity contribution in [1.29, 1.82) is 0 Å². The van der Waals surface area contributed by atoms with E-state index in [1.807, 2.05) is 44.2 Å². The van der Waals surface area contributed by atoms with Gasteiger partial charge in [-0.15, -0.1) is 0 Å². The molecule has 0 fully saturated rings. The zero-order valence-electron chi connectivity index (χ0n) is 42.2. The number of hydrogen-bond acceptors (Lipinski definition) is 17. The van der Waals surface area contributed by atoms with Gasteiger partial charge in [-0.05, 0) is 75.4 Å². The van der Waals surface area contributed by atoms with Crippen LogP contribution in [0.25, 0.3) is 22.3 Å². The average molecular weight is 1000 g/mol. The first-order valence-electron chi connectivity index (χ1n) is 24.6. The number of rotatable bonds is 28. The molecule has 2 unspecified atom stereocenters. The third-order valence-electron chi connectivity index (χ3n) is 13.2. The van der Waals surface area contributed by atoms with Crippen LogP contribution in [0, 0.1) is 20.8 Å². The molecule has 3 aliphatic heterocycles. The first-order valence-corrected chi connectivity index (χ1v) is 24.6. The Kier molecular flexibility index (Phi) is 18.9. The standard InChI is InChI=1S/C53H67N3O16/c1-7-53(41-31-43-46-38(30-37-10-8-9-11-42(37)55-46)32-56(43)49(59)40(41)33-69-51(53)61)71-45(58)13-12-44(57)70-47-34(2)35(3)48-39(36(47)4)14-15-52(5,72-48)50(60)54-16-17-63-20-21-65-24-25-67-28-29-68-27-26-66-23-22-64-19-18-62-6/h8-11,30-31H,7,12-29,32-33H2,1-6H3,(H,54,60). The molecule has 0 aliphatic carbocycles. The van der Waals surface area contributed by atoms with Crippen molar-refractivity contribution < 1.29 is 71.3 Å². The van der Waals surface area contributed by atoms with Gasteiger partial charge in [0.1, 0.15) is 18.1 Å². The Balaban J connectivity index is 0.831. The second-order valence-corrected chi connectivity index (χ2v) is 18.0. The molecule has 4 aromatic rings. The van der Waals surface area contributed by atoms with Gasteiger partial charge >= 0.3 is 17.9 Å². The number of hydrogen-bond donors (Lipinski definition) is 1. The molecule has 0 radical (unpaired) electrons. The van der Waals surface area contributed by atoms with Crippen LogP contribution < -0.4 is 20.3 Å². The number of pyridine rings is 2. The fourth-order valence-corrected chi connectivity index (χ4v) is 9.01.